The van der Waals surface area contributed by atoms with Crippen LogP contribution in [0.1, 0.15) is 62.5 Å². The van der Waals surface area contributed by atoms with E-state index in [1.165, 1.54) is 0 Å². The number of hydrazone groups is 2. The summed E-state index contributed by atoms with van der Waals surface area (Å²) >= 11 is 0. The van der Waals surface area contributed by atoms with Gasteiger partial charge in [-0.05, 0) is 60.4 Å². The number of benzene rings is 2. The lowest BCUT2D eigenvalue weighted by atomic mass is 10.1. The molecule has 0 unspecified atom stereocenters. The second-order valence-corrected chi connectivity index (χ2v) is 8.44. The van der Waals surface area contributed by atoms with Crippen LogP contribution >= 0.6 is 0 Å². The van der Waals surface area contributed by atoms with E-state index in [2.05, 4.69) is 21.1 Å². The molecular formula is C28H38N4O6. The molecule has 206 valence electrons. The highest BCUT2D eigenvalue weighted by atomic mass is 16.5. The van der Waals surface area contributed by atoms with Crippen LogP contribution in [0.15, 0.2) is 46.6 Å². The van der Waals surface area contributed by atoms with Gasteiger partial charge in [-0.3, -0.25) is 9.59 Å². The molecule has 0 saturated carbocycles. The number of hydrogen-bond donors (Lipinski definition) is 2. The summed E-state index contributed by atoms with van der Waals surface area (Å²) in [5, 5.41) is 8.00. The zero-order valence-corrected chi connectivity index (χ0v) is 22.6. The fourth-order valence-electron chi connectivity index (χ4n) is 3.61. The summed E-state index contributed by atoms with van der Waals surface area (Å²) in [5.41, 5.74) is 6.68. The highest BCUT2D eigenvalue weighted by Crippen LogP contribution is 2.27. The summed E-state index contributed by atoms with van der Waals surface area (Å²) in [6.45, 7) is 0. The zero-order chi connectivity index (χ0) is 27.6. The van der Waals surface area contributed by atoms with Crippen molar-refractivity contribution in [3.63, 3.8) is 0 Å². The van der Waals surface area contributed by atoms with Gasteiger partial charge < -0.3 is 18.9 Å². The first-order valence-corrected chi connectivity index (χ1v) is 12.6. The largest absolute Gasteiger partial charge is 0.493 e. The van der Waals surface area contributed by atoms with Crippen molar-refractivity contribution < 1.29 is 28.5 Å². The minimum Gasteiger partial charge on any atom is -0.493 e. The number of hydrogen-bond acceptors (Lipinski definition) is 8. The van der Waals surface area contributed by atoms with Crippen molar-refractivity contribution in [2.24, 2.45) is 10.2 Å². The Hall–Kier alpha value is -4.08. The summed E-state index contributed by atoms with van der Waals surface area (Å²) < 4.78 is 20.9. The number of unbranched alkanes of at least 4 members (excludes halogenated alkanes) is 5. The Kier molecular flexibility index (Phi) is 13.8. The van der Waals surface area contributed by atoms with Crippen LogP contribution in [0.25, 0.3) is 0 Å². The second kappa shape index (κ2) is 17.4. The summed E-state index contributed by atoms with van der Waals surface area (Å²) in [6, 6.07) is 10.8. The predicted molar refractivity (Wildman–Crippen MR) is 148 cm³/mol. The standard InChI is InChI=1S/C28H38N4O6/c1-35-23-15-13-21(17-25(23)37-3)19-29-31-27(33)11-9-7-5-6-8-10-12-28(34)32-30-20-22-14-16-24(36-2)26(18-22)38-4/h13-20H,5-12H2,1-4H3,(H,31,33)(H,32,34)/b29-19-,30-20+. The highest BCUT2D eigenvalue weighted by Gasteiger charge is 2.05. The Balaban J connectivity index is 1.51. The molecule has 2 N–H and O–H groups in total. The first-order chi connectivity index (χ1) is 18.5. The maximum atomic E-state index is 12.0. The van der Waals surface area contributed by atoms with Gasteiger partial charge in [0.25, 0.3) is 0 Å². The van der Waals surface area contributed by atoms with E-state index in [0.29, 0.717) is 35.8 Å². The Morgan fingerprint density at radius 1 is 0.605 bits per heavy atom. The average molecular weight is 527 g/mol. The number of nitrogens with zero attached hydrogens (tertiary/aromatic N) is 2. The third-order valence-electron chi connectivity index (χ3n) is 5.68. The number of methoxy groups -OCH3 is 4. The predicted octanol–water partition coefficient (Wildman–Crippen LogP) is 4.44. The molecule has 0 fully saturated rings. The van der Waals surface area contributed by atoms with Crippen molar-refractivity contribution in [2.45, 2.75) is 51.4 Å². The smallest absolute Gasteiger partial charge is 0.240 e. The highest BCUT2D eigenvalue weighted by molar-refractivity contribution is 5.84. The Labute approximate surface area is 224 Å². The minimum absolute atomic E-state index is 0.118. The fourth-order valence-corrected chi connectivity index (χ4v) is 3.61. The van der Waals surface area contributed by atoms with Gasteiger partial charge in [-0.1, -0.05) is 25.7 Å². The van der Waals surface area contributed by atoms with Gasteiger partial charge in [-0.2, -0.15) is 10.2 Å². The lowest BCUT2D eigenvalue weighted by molar-refractivity contribution is -0.122. The molecule has 10 heteroatoms. The number of nitrogens with one attached hydrogen (secondary N) is 2. The van der Waals surface area contributed by atoms with E-state index in [0.717, 1.165) is 49.7 Å². The monoisotopic (exact) mass is 526 g/mol. The van der Waals surface area contributed by atoms with Gasteiger partial charge in [0, 0.05) is 12.8 Å². The third-order valence-corrected chi connectivity index (χ3v) is 5.68. The van der Waals surface area contributed by atoms with Gasteiger partial charge in [0.05, 0.1) is 40.9 Å². The van der Waals surface area contributed by atoms with Crippen molar-refractivity contribution in [3.8, 4) is 23.0 Å². The molecule has 0 aliphatic carbocycles. The van der Waals surface area contributed by atoms with Crippen molar-refractivity contribution in [1.82, 2.24) is 10.9 Å². The maximum absolute atomic E-state index is 12.0. The van der Waals surface area contributed by atoms with E-state index in [4.69, 9.17) is 18.9 Å². The fraction of sp³-hybridized carbons (Fsp3) is 0.429. The van der Waals surface area contributed by atoms with E-state index >= 15 is 0 Å². The molecule has 0 aromatic heterocycles. The third kappa shape index (κ3) is 10.9. The molecule has 0 aliphatic rings. The quantitative estimate of drug-likeness (QED) is 0.179. The van der Waals surface area contributed by atoms with Crippen LogP contribution in [0, 0.1) is 0 Å². The summed E-state index contributed by atoms with van der Waals surface area (Å²) in [5.74, 6) is 2.23. The van der Waals surface area contributed by atoms with Crippen LogP contribution in [-0.4, -0.2) is 52.7 Å². The molecule has 0 saturated heterocycles. The van der Waals surface area contributed by atoms with Crippen molar-refractivity contribution in [3.05, 3.63) is 47.5 Å². The number of carbonyl (C=O) groups excluding carboxylic acids is 2. The molecule has 2 aromatic carbocycles. The lowest BCUT2D eigenvalue weighted by Gasteiger charge is -2.07. The number of ether oxygens (including phenoxy) is 4. The van der Waals surface area contributed by atoms with Crippen LogP contribution in [-0.2, 0) is 9.59 Å². The molecule has 38 heavy (non-hydrogen) atoms. The molecule has 10 nitrogen and oxygen atoms in total. The average Bonchev–Trinajstić information content (AvgIpc) is 2.94. The molecule has 2 aromatic rings. The molecule has 0 atom stereocenters. The number of rotatable bonds is 17. The maximum Gasteiger partial charge on any atom is 0.240 e. The molecule has 2 amide bonds. The Bertz CT molecular complexity index is 1000. The SMILES string of the molecule is COc1ccc(/C=N\NC(=O)CCCCCCCCC(=O)N/N=C/c2ccc(OC)c(OC)c2)cc1OC. The van der Waals surface area contributed by atoms with E-state index < -0.39 is 0 Å². The van der Waals surface area contributed by atoms with Crippen molar-refractivity contribution in [2.75, 3.05) is 28.4 Å². The van der Waals surface area contributed by atoms with Crippen molar-refractivity contribution in [1.29, 1.82) is 0 Å². The number of carbonyl (C=O) groups is 2. The van der Waals surface area contributed by atoms with Gasteiger partial charge in [0.1, 0.15) is 0 Å². The van der Waals surface area contributed by atoms with Crippen LogP contribution in [0.2, 0.25) is 0 Å². The number of amides is 2. The van der Waals surface area contributed by atoms with E-state index in [1.807, 2.05) is 12.1 Å². The van der Waals surface area contributed by atoms with Gasteiger partial charge in [0.2, 0.25) is 11.8 Å². The van der Waals surface area contributed by atoms with E-state index in [-0.39, 0.29) is 11.8 Å². The molecule has 0 heterocycles. The molecule has 2 rings (SSSR count). The Morgan fingerprint density at radius 2 is 0.974 bits per heavy atom. The molecule has 0 spiro atoms. The summed E-state index contributed by atoms with van der Waals surface area (Å²) in [6.07, 6.45) is 9.50. The zero-order valence-electron chi connectivity index (χ0n) is 22.6. The van der Waals surface area contributed by atoms with E-state index in [1.54, 1.807) is 65.1 Å². The minimum atomic E-state index is -0.118. The topological polar surface area (TPSA) is 120 Å². The summed E-state index contributed by atoms with van der Waals surface area (Å²) in [7, 11) is 6.28. The molecular weight excluding hydrogens is 488 g/mol. The van der Waals surface area contributed by atoms with Gasteiger partial charge >= 0.3 is 0 Å². The van der Waals surface area contributed by atoms with Crippen LogP contribution in [0.5, 0.6) is 23.0 Å². The molecule has 0 aliphatic heterocycles. The first-order valence-electron chi connectivity index (χ1n) is 12.6. The van der Waals surface area contributed by atoms with Gasteiger partial charge in [-0.15, -0.1) is 0 Å². The Morgan fingerprint density at radius 3 is 1.34 bits per heavy atom. The van der Waals surface area contributed by atoms with Gasteiger partial charge in [-0.25, -0.2) is 10.9 Å². The van der Waals surface area contributed by atoms with Crippen LogP contribution in [0.3, 0.4) is 0 Å². The van der Waals surface area contributed by atoms with Crippen molar-refractivity contribution >= 4 is 24.2 Å². The normalized spacial score (nSPS) is 10.9. The second-order valence-electron chi connectivity index (χ2n) is 8.44. The van der Waals surface area contributed by atoms with Gasteiger partial charge in [0.15, 0.2) is 23.0 Å². The van der Waals surface area contributed by atoms with E-state index in [9.17, 15) is 9.59 Å². The first kappa shape index (κ1) is 30.1. The molecule has 0 radical (unpaired) electrons. The molecule has 0 bridgehead atoms. The van der Waals surface area contributed by atoms with Crippen LogP contribution < -0.4 is 29.8 Å². The van der Waals surface area contributed by atoms with Crippen LogP contribution in [0.4, 0.5) is 0 Å². The summed E-state index contributed by atoms with van der Waals surface area (Å²) in [4.78, 5) is 23.9. The lowest BCUT2D eigenvalue weighted by Crippen LogP contribution is -2.17.